The summed E-state index contributed by atoms with van der Waals surface area (Å²) in [5.41, 5.74) is 0.200. The Hall–Kier alpha value is -0.900. The van der Waals surface area contributed by atoms with E-state index in [9.17, 15) is 5.11 Å². The summed E-state index contributed by atoms with van der Waals surface area (Å²) in [4.78, 5) is 0. The first kappa shape index (κ1) is 12.2. The van der Waals surface area contributed by atoms with Crippen LogP contribution >= 0.6 is 0 Å². The molecular weight excluding hydrogens is 192 g/mol. The van der Waals surface area contributed by atoms with E-state index in [1.165, 1.54) is 0 Å². The van der Waals surface area contributed by atoms with Crippen LogP contribution in [0.3, 0.4) is 0 Å². The van der Waals surface area contributed by atoms with Crippen LogP contribution in [0, 0.1) is 0 Å². The number of ether oxygens (including phenoxy) is 1. The third-order valence-electron chi connectivity index (χ3n) is 2.08. The molecule has 3 nitrogen and oxygen atoms in total. The molecule has 84 valence electrons. The van der Waals surface area contributed by atoms with Gasteiger partial charge in [-0.2, -0.15) is 0 Å². The second-order valence-electron chi connectivity index (χ2n) is 3.94. The molecule has 1 rings (SSSR count). The molecule has 0 aliphatic carbocycles. The van der Waals surface area contributed by atoms with Crippen molar-refractivity contribution < 1.29 is 14.9 Å². The number of hydrogen-bond acceptors (Lipinski definition) is 3. The quantitative estimate of drug-likeness (QED) is 0.688. The largest absolute Gasteiger partial charge is 0.394 e. The van der Waals surface area contributed by atoms with Crippen molar-refractivity contribution in [1.82, 2.24) is 0 Å². The van der Waals surface area contributed by atoms with Crippen molar-refractivity contribution >= 4 is 0 Å². The molecule has 0 aromatic heterocycles. The molecular formula is C12H18O3. The Morgan fingerprint density at radius 3 is 2.53 bits per heavy atom. The number of benzene rings is 1. The van der Waals surface area contributed by atoms with Gasteiger partial charge in [-0.3, -0.25) is 0 Å². The van der Waals surface area contributed by atoms with Gasteiger partial charge in [0.2, 0.25) is 0 Å². The highest BCUT2D eigenvalue weighted by molar-refractivity contribution is 5.16. The van der Waals surface area contributed by atoms with E-state index in [4.69, 9.17) is 9.84 Å². The normalized spacial score (nSPS) is 14.9. The summed E-state index contributed by atoms with van der Waals surface area (Å²) in [7, 11) is 0. The van der Waals surface area contributed by atoms with Gasteiger partial charge in [-0.05, 0) is 12.5 Å². The maximum absolute atomic E-state index is 9.99. The van der Waals surface area contributed by atoms with Gasteiger partial charge in [-0.25, -0.2) is 0 Å². The van der Waals surface area contributed by atoms with Crippen LogP contribution in [-0.4, -0.2) is 35.6 Å². The smallest absolute Gasteiger partial charge is 0.0892 e. The van der Waals surface area contributed by atoms with Gasteiger partial charge in [0, 0.05) is 6.42 Å². The number of aliphatic hydroxyl groups excluding tert-OH is 1. The minimum atomic E-state index is -0.878. The highest BCUT2D eigenvalue weighted by Gasteiger charge is 2.20. The average molecular weight is 210 g/mol. The Morgan fingerprint density at radius 1 is 1.27 bits per heavy atom. The first-order valence-corrected chi connectivity index (χ1v) is 5.09. The fourth-order valence-electron chi connectivity index (χ4n) is 1.44. The van der Waals surface area contributed by atoms with Crippen LogP contribution in [0.5, 0.6) is 0 Å². The third-order valence-corrected chi connectivity index (χ3v) is 2.08. The Bertz CT molecular complexity index is 269. The van der Waals surface area contributed by atoms with Crippen LogP contribution in [0.2, 0.25) is 0 Å². The van der Waals surface area contributed by atoms with Crippen molar-refractivity contribution in [2.45, 2.75) is 18.9 Å². The van der Waals surface area contributed by atoms with Crippen LogP contribution in [0.15, 0.2) is 30.3 Å². The van der Waals surface area contributed by atoms with Gasteiger partial charge >= 0.3 is 0 Å². The molecule has 0 bridgehead atoms. The lowest BCUT2D eigenvalue weighted by Gasteiger charge is -2.23. The molecule has 3 heteroatoms. The summed E-state index contributed by atoms with van der Waals surface area (Å²) in [6.07, 6.45) is 0.555. The summed E-state index contributed by atoms with van der Waals surface area (Å²) in [6, 6.07) is 9.78. The zero-order valence-corrected chi connectivity index (χ0v) is 9.02. The molecule has 0 heterocycles. The third kappa shape index (κ3) is 4.93. The van der Waals surface area contributed by atoms with E-state index in [0.717, 1.165) is 5.56 Å². The van der Waals surface area contributed by atoms with Gasteiger partial charge in [-0.15, -0.1) is 0 Å². The minimum absolute atomic E-state index is 0.0125. The lowest BCUT2D eigenvalue weighted by Crippen LogP contribution is -2.33. The Morgan fingerprint density at radius 2 is 1.93 bits per heavy atom. The van der Waals surface area contributed by atoms with Crippen molar-refractivity contribution in [2.75, 3.05) is 19.8 Å². The molecule has 1 aromatic rings. The minimum Gasteiger partial charge on any atom is -0.394 e. The lowest BCUT2D eigenvalue weighted by atomic mass is 9.97. The lowest BCUT2D eigenvalue weighted by molar-refractivity contribution is -0.0402. The molecule has 0 fully saturated rings. The molecule has 0 saturated heterocycles. The van der Waals surface area contributed by atoms with Gasteiger partial charge in [0.05, 0.1) is 25.4 Å². The van der Waals surface area contributed by atoms with Crippen LogP contribution in [0.1, 0.15) is 12.5 Å². The highest BCUT2D eigenvalue weighted by atomic mass is 16.5. The molecule has 2 N–H and O–H groups in total. The Balaban J connectivity index is 2.42. The van der Waals surface area contributed by atoms with Crippen LogP contribution < -0.4 is 0 Å². The maximum Gasteiger partial charge on any atom is 0.0892 e. The summed E-state index contributed by atoms with van der Waals surface area (Å²) in [6.45, 7) is 2.23. The van der Waals surface area contributed by atoms with Crippen LogP contribution in [0.4, 0.5) is 0 Å². The SMILES string of the molecule is CC(O)(COCCO)Cc1ccccc1. The van der Waals surface area contributed by atoms with Gasteiger partial charge in [0.1, 0.15) is 0 Å². The van der Waals surface area contributed by atoms with Crippen molar-refractivity contribution in [3.8, 4) is 0 Å². The van der Waals surface area contributed by atoms with Crippen molar-refractivity contribution in [1.29, 1.82) is 0 Å². The summed E-state index contributed by atoms with van der Waals surface area (Å²) in [5.74, 6) is 0. The van der Waals surface area contributed by atoms with E-state index in [1.54, 1.807) is 6.92 Å². The zero-order chi connectivity index (χ0) is 11.1. The molecule has 0 spiro atoms. The molecule has 0 aliphatic heterocycles. The first-order chi connectivity index (χ1) is 7.14. The molecule has 0 radical (unpaired) electrons. The molecule has 1 aromatic carbocycles. The molecule has 0 aliphatic rings. The highest BCUT2D eigenvalue weighted by Crippen LogP contribution is 2.13. The van der Waals surface area contributed by atoms with Gasteiger partial charge in [-0.1, -0.05) is 30.3 Å². The average Bonchev–Trinajstić information content (AvgIpc) is 2.18. The number of hydrogen-bond donors (Lipinski definition) is 2. The van der Waals surface area contributed by atoms with Gasteiger partial charge in [0.15, 0.2) is 0 Å². The summed E-state index contributed by atoms with van der Waals surface area (Å²) >= 11 is 0. The molecule has 1 unspecified atom stereocenters. The van der Waals surface area contributed by atoms with E-state index in [1.807, 2.05) is 30.3 Å². The molecule has 1 atom stereocenters. The summed E-state index contributed by atoms with van der Waals surface area (Å²) < 4.78 is 5.12. The van der Waals surface area contributed by atoms with Crippen molar-refractivity contribution in [3.63, 3.8) is 0 Å². The number of rotatable bonds is 6. The van der Waals surface area contributed by atoms with E-state index >= 15 is 0 Å². The van der Waals surface area contributed by atoms with Crippen LogP contribution in [-0.2, 0) is 11.2 Å². The summed E-state index contributed by atoms with van der Waals surface area (Å²) in [5, 5.41) is 18.5. The zero-order valence-electron chi connectivity index (χ0n) is 9.02. The van der Waals surface area contributed by atoms with E-state index in [0.29, 0.717) is 6.42 Å². The second-order valence-corrected chi connectivity index (χ2v) is 3.94. The first-order valence-electron chi connectivity index (χ1n) is 5.09. The van der Waals surface area contributed by atoms with Crippen molar-refractivity contribution in [3.05, 3.63) is 35.9 Å². The standard InChI is InChI=1S/C12H18O3/c1-12(14,10-15-8-7-13)9-11-5-3-2-4-6-11/h2-6,13-14H,7-10H2,1H3. The Labute approximate surface area is 90.3 Å². The second kappa shape index (κ2) is 5.85. The predicted molar refractivity (Wildman–Crippen MR) is 58.7 cm³/mol. The monoisotopic (exact) mass is 210 g/mol. The molecule has 0 saturated carbocycles. The fraction of sp³-hybridized carbons (Fsp3) is 0.500. The van der Waals surface area contributed by atoms with Gasteiger partial charge < -0.3 is 14.9 Å². The fourth-order valence-corrected chi connectivity index (χ4v) is 1.44. The predicted octanol–water partition coefficient (Wildman–Crippen LogP) is 0.989. The van der Waals surface area contributed by atoms with E-state index in [-0.39, 0.29) is 19.8 Å². The molecule has 0 amide bonds. The van der Waals surface area contributed by atoms with E-state index in [2.05, 4.69) is 0 Å². The Kier molecular flexibility index (Phi) is 4.75. The van der Waals surface area contributed by atoms with Gasteiger partial charge in [0.25, 0.3) is 0 Å². The van der Waals surface area contributed by atoms with E-state index < -0.39 is 5.60 Å². The topological polar surface area (TPSA) is 49.7 Å². The number of aliphatic hydroxyl groups is 2. The van der Waals surface area contributed by atoms with Crippen molar-refractivity contribution in [2.24, 2.45) is 0 Å². The maximum atomic E-state index is 9.99. The van der Waals surface area contributed by atoms with Crippen LogP contribution in [0.25, 0.3) is 0 Å². The molecule has 15 heavy (non-hydrogen) atoms.